The summed E-state index contributed by atoms with van der Waals surface area (Å²) in [5, 5.41) is 0. The number of halogens is 8. The van der Waals surface area contributed by atoms with Gasteiger partial charge in [-0.25, -0.2) is 0 Å². The smallest absolute Gasteiger partial charge is 0.418 e. The predicted octanol–water partition coefficient (Wildman–Crippen LogP) is 8.97. The van der Waals surface area contributed by atoms with E-state index in [0.717, 1.165) is 6.42 Å². The molecule has 0 saturated heterocycles. The van der Waals surface area contributed by atoms with Crippen LogP contribution < -0.4 is 0 Å². The molecule has 1 aliphatic carbocycles. The van der Waals surface area contributed by atoms with Gasteiger partial charge in [-0.15, -0.1) is 0 Å². The van der Waals surface area contributed by atoms with Crippen molar-refractivity contribution in [3.63, 3.8) is 0 Å². The Hall–Kier alpha value is -2.15. The topological polar surface area (TPSA) is 0 Å². The Labute approximate surface area is 207 Å². The van der Waals surface area contributed by atoms with Gasteiger partial charge in [0.1, 0.15) is 0 Å². The van der Waals surface area contributed by atoms with E-state index in [1.54, 1.807) is 0 Å². The minimum Gasteiger partial charge on any atom is -0.418 e. The van der Waals surface area contributed by atoms with E-state index in [1.165, 1.54) is 33.4 Å². The van der Waals surface area contributed by atoms with Crippen LogP contribution >= 0.6 is 0 Å². The molecule has 0 spiro atoms. The summed E-state index contributed by atoms with van der Waals surface area (Å²) in [7, 11) is -12.0. The van der Waals surface area contributed by atoms with Crippen LogP contribution in [0.25, 0.3) is 11.1 Å². The molecule has 3 aromatic rings. The Morgan fingerprint density at radius 3 is 1.24 bits per heavy atom. The largest absolute Gasteiger partial charge is 2.00 e. The van der Waals surface area contributed by atoms with Crippen LogP contribution in [0.2, 0.25) is 0 Å². The fourth-order valence-electron chi connectivity index (χ4n) is 3.03. The molecule has 0 fully saturated rings. The maximum Gasteiger partial charge on any atom is 2.00 e. The number of benzene rings is 3. The molecule has 186 valence electrons. The van der Waals surface area contributed by atoms with Gasteiger partial charge in [0.15, 0.2) is 0 Å². The SMILES string of the molecule is Cc1ccc(C(C)C)cc1.F[B-](F)(F)F.F[B-](F)(F)F.[Ru+2].c1ccc2c(c1)Cc1ccccc1-2. The van der Waals surface area contributed by atoms with E-state index in [2.05, 4.69) is 93.6 Å². The van der Waals surface area contributed by atoms with Crippen molar-refractivity contribution in [2.24, 2.45) is 0 Å². The fraction of sp³-hybridized carbons (Fsp3) is 0.217. The zero-order chi connectivity index (χ0) is 25.2. The predicted molar refractivity (Wildman–Crippen MR) is 120 cm³/mol. The molecule has 0 N–H and O–H groups in total. The Kier molecular flexibility index (Phi) is 13.4. The summed E-state index contributed by atoms with van der Waals surface area (Å²) in [4.78, 5) is 0. The minimum atomic E-state index is -6.00. The molecule has 0 heterocycles. The van der Waals surface area contributed by atoms with Gasteiger partial charge in [0.05, 0.1) is 0 Å². The van der Waals surface area contributed by atoms with Gasteiger partial charge in [0.25, 0.3) is 0 Å². The maximum absolute atomic E-state index is 9.75. The number of hydrogen-bond acceptors (Lipinski definition) is 0. The number of fused-ring (bicyclic) bond motifs is 3. The van der Waals surface area contributed by atoms with Crippen LogP contribution in [0.5, 0.6) is 0 Å². The second kappa shape index (κ2) is 14.3. The molecule has 0 bridgehead atoms. The average molecular weight is 575 g/mol. The molecule has 0 unspecified atom stereocenters. The Balaban J connectivity index is 0.000000464. The van der Waals surface area contributed by atoms with Crippen LogP contribution in [-0.2, 0) is 25.9 Å². The summed E-state index contributed by atoms with van der Waals surface area (Å²) in [6, 6.07) is 26.0. The summed E-state index contributed by atoms with van der Waals surface area (Å²) in [5.74, 6) is 0.653. The second-order valence-electron chi connectivity index (χ2n) is 7.55. The van der Waals surface area contributed by atoms with Crippen LogP contribution in [-0.4, -0.2) is 14.5 Å². The van der Waals surface area contributed by atoms with Crippen molar-refractivity contribution in [2.45, 2.75) is 33.1 Å². The van der Waals surface area contributed by atoms with Crippen LogP contribution in [0, 0.1) is 6.92 Å². The molecule has 0 saturated carbocycles. The summed E-state index contributed by atoms with van der Waals surface area (Å²) < 4.78 is 78.0. The quantitative estimate of drug-likeness (QED) is 0.157. The van der Waals surface area contributed by atoms with Crippen molar-refractivity contribution < 1.29 is 54.0 Å². The van der Waals surface area contributed by atoms with Crippen molar-refractivity contribution in [2.75, 3.05) is 0 Å². The van der Waals surface area contributed by atoms with Crippen LogP contribution in [0.1, 0.15) is 42.0 Å². The third-order valence-corrected chi connectivity index (χ3v) is 4.45. The summed E-state index contributed by atoms with van der Waals surface area (Å²) >= 11 is 0. The standard InChI is InChI=1S/C13H10.C10H14.2BF4.Ru/c1-3-7-12-10(5-1)9-11-6-2-4-8-13(11)12;1-8(2)10-6-4-9(3)5-7-10;2*2-1(3,4)5;/h1-8H,9H2;4-8H,1-3H3;;;/q;;2*-1;+2. The molecule has 11 heteroatoms. The van der Waals surface area contributed by atoms with Crippen molar-refractivity contribution in [1.29, 1.82) is 0 Å². The molecule has 0 radical (unpaired) electrons. The molecule has 0 nitrogen and oxygen atoms in total. The fourth-order valence-corrected chi connectivity index (χ4v) is 3.03. The van der Waals surface area contributed by atoms with E-state index in [0.29, 0.717) is 5.92 Å². The van der Waals surface area contributed by atoms with Gasteiger partial charge >= 0.3 is 34.0 Å². The van der Waals surface area contributed by atoms with Crippen molar-refractivity contribution in [3.05, 3.63) is 95.1 Å². The molecule has 0 amide bonds. The van der Waals surface area contributed by atoms with E-state index in [4.69, 9.17) is 0 Å². The third-order valence-electron chi connectivity index (χ3n) is 4.45. The van der Waals surface area contributed by atoms with E-state index in [-0.39, 0.29) is 19.5 Å². The first-order valence-electron chi connectivity index (χ1n) is 10.1. The number of aryl methyl sites for hydroxylation is 1. The minimum absolute atomic E-state index is 0. The summed E-state index contributed by atoms with van der Waals surface area (Å²) in [5.41, 5.74) is 8.51. The second-order valence-corrected chi connectivity index (χ2v) is 7.55. The first kappa shape index (κ1) is 31.9. The Bertz CT molecular complexity index is 920. The molecule has 0 aromatic heterocycles. The Morgan fingerprint density at radius 1 is 0.588 bits per heavy atom. The molecule has 34 heavy (non-hydrogen) atoms. The molecular formula is C23H24B2F8Ru. The van der Waals surface area contributed by atoms with E-state index in [9.17, 15) is 34.5 Å². The van der Waals surface area contributed by atoms with Crippen LogP contribution in [0.15, 0.2) is 72.8 Å². The van der Waals surface area contributed by atoms with E-state index >= 15 is 0 Å². The van der Waals surface area contributed by atoms with Gasteiger partial charge in [0, 0.05) is 0 Å². The summed E-state index contributed by atoms with van der Waals surface area (Å²) in [6.45, 7) is 6.54. The molecule has 3 aromatic carbocycles. The van der Waals surface area contributed by atoms with Gasteiger partial charge < -0.3 is 34.5 Å². The van der Waals surface area contributed by atoms with Crippen LogP contribution in [0.3, 0.4) is 0 Å². The van der Waals surface area contributed by atoms with Crippen molar-refractivity contribution in [3.8, 4) is 11.1 Å². The molecule has 0 atom stereocenters. The first-order valence-corrected chi connectivity index (χ1v) is 10.1. The third kappa shape index (κ3) is 14.2. The normalized spacial score (nSPS) is 11.3. The first-order chi connectivity index (χ1) is 15.1. The molecule has 0 aliphatic heterocycles. The Morgan fingerprint density at radius 2 is 0.912 bits per heavy atom. The number of rotatable bonds is 1. The van der Waals surface area contributed by atoms with Gasteiger partial charge in [-0.3, -0.25) is 0 Å². The molecular weight excluding hydrogens is 551 g/mol. The zero-order valence-corrected chi connectivity index (χ0v) is 20.5. The summed E-state index contributed by atoms with van der Waals surface area (Å²) in [6.07, 6.45) is 1.10. The number of hydrogen-bond donors (Lipinski definition) is 0. The van der Waals surface area contributed by atoms with E-state index in [1.807, 2.05) is 0 Å². The van der Waals surface area contributed by atoms with Gasteiger partial charge in [-0.1, -0.05) is 92.2 Å². The maximum atomic E-state index is 9.75. The monoisotopic (exact) mass is 576 g/mol. The van der Waals surface area contributed by atoms with E-state index < -0.39 is 14.5 Å². The van der Waals surface area contributed by atoms with Gasteiger partial charge in [0.2, 0.25) is 0 Å². The zero-order valence-electron chi connectivity index (χ0n) is 18.7. The molecule has 1 aliphatic rings. The molecule has 4 rings (SSSR count). The van der Waals surface area contributed by atoms with Crippen LogP contribution in [0.4, 0.5) is 34.5 Å². The average Bonchev–Trinajstić information content (AvgIpc) is 3.05. The van der Waals surface area contributed by atoms with Crippen molar-refractivity contribution in [1.82, 2.24) is 0 Å². The van der Waals surface area contributed by atoms with Crippen molar-refractivity contribution >= 4 is 14.5 Å². The van der Waals surface area contributed by atoms with Gasteiger partial charge in [-0.05, 0) is 47.1 Å². The van der Waals surface area contributed by atoms with Gasteiger partial charge in [-0.2, -0.15) is 0 Å².